The molecule has 0 aromatic heterocycles. The van der Waals surface area contributed by atoms with Crippen molar-refractivity contribution < 1.29 is 39.9 Å². The normalized spacial score (nSPS) is 31.0. The molecule has 0 spiro atoms. The molecule has 1 amide bonds. The van der Waals surface area contributed by atoms with E-state index < -0.39 is 70.1 Å². The van der Waals surface area contributed by atoms with E-state index in [1.807, 2.05) is 0 Å². The predicted molar refractivity (Wildman–Crippen MR) is 138 cm³/mol. The smallest absolute Gasteiger partial charge is 0.255 e. The van der Waals surface area contributed by atoms with Crippen LogP contribution < -0.4 is 5.73 Å². The van der Waals surface area contributed by atoms with Crippen LogP contribution in [0.5, 0.6) is 5.75 Å². The van der Waals surface area contributed by atoms with Gasteiger partial charge in [0.25, 0.3) is 5.91 Å². The maximum atomic E-state index is 14.0. The second kappa shape index (κ2) is 9.52. The van der Waals surface area contributed by atoms with E-state index in [1.54, 1.807) is 19.1 Å². The standard InChI is InChI=1S/C28H36N2O8/c1-11(2)7-6-8-13-9-10-14-12(3)15-17(22(32)16(14)21(13)31)25(35)28(38)19(23(15)33)20(30(4)5)24(34)18(26(28)36)27(29)37/h9-12,15,19-20,23,31-33,36,38H,6-8H2,1-5H3,(H2,29,37)/t12-,15+,19+,20-,23-,28-/m1/s1. The number of rotatable bonds is 6. The number of aliphatic hydroxyl groups is 4. The quantitative estimate of drug-likeness (QED) is 0.298. The number of fused-ring (bicyclic) bond motifs is 3. The molecule has 1 fully saturated rings. The first-order valence-corrected chi connectivity index (χ1v) is 12.8. The summed E-state index contributed by atoms with van der Waals surface area (Å²) in [6.45, 7) is 5.90. The van der Waals surface area contributed by atoms with Crippen LogP contribution in [-0.2, 0) is 20.8 Å². The number of benzene rings is 1. The number of nitrogens with two attached hydrogens (primary N) is 1. The number of Topliss-reactive ketones (excluding diaryl/α,β-unsaturated/α-hetero) is 2. The van der Waals surface area contributed by atoms with Gasteiger partial charge in [-0.05, 0) is 49.9 Å². The fourth-order valence-electron chi connectivity index (χ4n) is 6.56. The Bertz CT molecular complexity index is 1280. The van der Waals surface area contributed by atoms with Crippen LogP contribution in [-0.4, -0.2) is 79.7 Å². The summed E-state index contributed by atoms with van der Waals surface area (Å²) < 4.78 is 0. The topological polar surface area (TPSA) is 182 Å². The highest BCUT2D eigenvalue weighted by Crippen LogP contribution is 2.56. The van der Waals surface area contributed by atoms with Gasteiger partial charge in [-0.2, -0.15) is 0 Å². The summed E-state index contributed by atoms with van der Waals surface area (Å²) in [6, 6.07) is 2.14. The molecule has 4 rings (SSSR count). The minimum absolute atomic E-state index is 0.0306. The third-order valence-electron chi connectivity index (χ3n) is 8.44. The zero-order valence-corrected chi connectivity index (χ0v) is 22.2. The van der Waals surface area contributed by atoms with Crippen LogP contribution >= 0.6 is 0 Å². The number of phenolic OH excluding ortho intramolecular Hbond substituents is 1. The van der Waals surface area contributed by atoms with Gasteiger partial charge in [-0.15, -0.1) is 0 Å². The van der Waals surface area contributed by atoms with Crippen LogP contribution in [0.2, 0.25) is 0 Å². The van der Waals surface area contributed by atoms with Crippen LogP contribution in [0.1, 0.15) is 56.2 Å². The number of likely N-dealkylation sites (N-methyl/N-ethyl adjacent to an activating group) is 1. The molecule has 7 N–H and O–H groups in total. The highest BCUT2D eigenvalue weighted by molar-refractivity contribution is 6.24. The van der Waals surface area contributed by atoms with Gasteiger partial charge in [-0.3, -0.25) is 19.3 Å². The number of aryl methyl sites for hydroxylation is 1. The molecule has 3 aliphatic carbocycles. The Morgan fingerprint density at radius 1 is 1.16 bits per heavy atom. The largest absolute Gasteiger partial charge is 0.508 e. The number of primary amides is 1. The van der Waals surface area contributed by atoms with E-state index in [2.05, 4.69) is 13.8 Å². The molecule has 10 heteroatoms. The summed E-state index contributed by atoms with van der Waals surface area (Å²) in [7, 11) is 2.95. The molecular formula is C28H36N2O8. The number of nitrogens with zero attached hydrogens (tertiary/aromatic N) is 1. The van der Waals surface area contributed by atoms with E-state index >= 15 is 0 Å². The van der Waals surface area contributed by atoms with Crippen molar-refractivity contribution in [3.05, 3.63) is 45.7 Å². The maximum Gasteiger partial charge on any atom is 0.255 e. The summed E-state index contributed by atoms with van der Waals surface area (Å²) in [6.07, 6.45) is 0.672. The predicted octanol–water partition coefficient (Wildman–Crippen LogP) is 1.47. The number of hydrogen-bond acceptors (Lipinski definition) is 9. The molecule has 0 saturated heterocycles. The fourth-order valence-corrected chi connectivity index (χ4v) is 6.56. The third-order valence-corrected chi connectivity index (χ3v) is 8.44. The molecule has 1 aromatic carbocycles. The molecule has 206 valence electrons. The van der Waals surface area contributed by atoms with Gasteiger partial charge in [0.2, 0.25) is 5.78 Å². The number of carbonyl (C=O) groups is 3. The first kappa shape index (κ1) is 27.8. The Labute approximate surface area is 221 Å². The summed E-state index contributed by atoms with van der Waals surface area (Å²) >= 11 is 0. The van der Waals surface area contributed by atoms with Crippen LogP contribution in [0.15, 0.2) is 29.0 Å². The fraction of sp³-hybridized carbons (Fsp3) is 0.536. The van der Waals surface area contributed by atoms with Crippen LogP contribution in [0.4, 0.5) is 0 Å². The lowest BCUT2D eigenvalue weighted by Gasteiger charge is -2.53. The van der Waals surface area contributed by atoms with Crippen molar-refractivity contribution in [2.75, 3.05) is 14.1 Å². The number of aliphatic hydroxyl groups excluding tert-OH is 3. The second-order valence-electron chi connectivity index (χ2n) is 11.4. The van der Waals surface area contributed by atoms with E-state index in [9.17, 15) is 39.9 Å². The molecule has 0 heterocycles. The lowest BCUT2D eigenvalue weighted by Crippen LogP contribution is -2.70. The van der Waals surface area contributed by atoms with Crippen molar-refractivity contribution in [3.8, 4) is 5.75 Å². The minimum atomic E-state index is -2.91. The highest BCUT2D eigenvalue weighted by atomic mass is 16.4. The van der Waals surface area contributed by atoms with Gasteiger partial charge in [-0.25, -0.2) is 0 Å². The third kappa shape index (κ3) is 3.77. The molecule has 38 heavy (non-hydrogen) atoms. The Kier molecular flexibility index (Phi) is 6.97. The van der Waals surface area contributed by atoms with Gasteiger partial charge in [0.1, 0.15) is 22.8 Å². The Morgan fingerprint density at radius 2 is 1.79 bits per heavy atom. The average molecular weight is 529 g/mol. The van der Waals surface area contributed by atoms with Gasteiger partial charge in [0, 0.05) is 11.5 Å². The highest BCUT2D eigenvalue weighted by Gasteiger charge is 2.68. The zero-order chi connectivity index (χ0) is 28.4. The van der Waals surface area contributed by atoms with E-state index in [1.165, 1.54) is 19.0 Å². The van der Waals surface area contributed by atoms with Crippen LogP contribution in [0.25, 0.3) is 5.76 Å². The monoisotopic (exact) mass is 528 g/mol. The number of phenols is 1. The average Bonchev–Trinajstić information content (AvgIpc) is 2.82. The zero-order valence-electron chi connectivity index (χ0n) is 22.2. The number of ketones is 2. The van der Waals surface area contributed by atoms with E-state index in [-0.39, 0.29) is 16.9 Å². The van der Waals surface area contributed by atoms with Gasteiger partial charge in [0.05, 0.1) is 23.6 Å². The maximum absolute atomic E-state index is 14.0. The van der Waals surface area contributed by atoms with Crippen molar-refractivity contribution in [3.63, 3.8) is 0 Å². The molecule has 0 bridgehead atoms. The summed E-state index contributed by atoms with van der Waals surface area (Å²) in [4.78, 5) is 40.6. The Morgan fingerprint density at radius 3 is 2.34 bits per heavy atom. The van der Waals surface area contributed by atoms with Gasteiger partial charge in [0.15, 0.2) is 11.4 Å². The number of hydrogen-bond donors (Lipinski definition) is 6. The first-order valence-electron chi connectivity index (χ1n) is 12.8. The Balaban J connectivity index is 1.94. The summed E-state index contributed by atoms with van der Waals surface area (Å²) in [5.74, 6) is -8.24. The van der Waals surface area contributed by atoms with E-state index in [4.69, 9.17) is 5.73 Å². The van der Waals surface area contributed by atoms with Crippen LogP contribution in [0.3, 0.4) is 0 Å². The molecule has 3 aliphatic rings. The molecule has 10 nitrogen and oxygen atoms in total. The van der Waals surface area contributed by atoms with Crippen molar-refractivity contribution in [1.82, 2.24) is 4.90 Å². The van der Waals surface area contributed by atoms with Gasteiger partial charge >= 0.3 is 0 Å². The summed E-state index contributed by atoms with van der Waals surface area (Å²) in [5, 5.41) is 56.8. The molecule has 0 aliphatic heterocycles. The number of amides is 1. The van der Waals surface area contributed by atoms with Crippen molar-refractivity contribution in [1.29, 1.82) is 0 Å². The number of aromatic hydroxyl groups is 1. The second-order valence-corrected chi connectivity index (χ2v) is 11.4. The first-order chi connectivity index (χ1) is 17.7. The van der Waals surface area contributed by atoms with Crippen molar-refractivity contribution in [2.24, 2.45) is 23.5 Å². The van der Waals surface area contributed by atoms with Crippen molar-refractivity contribution >= 4 is 23.2 Å². The van der Waals surface area contributed by atoms with E-state index in [0.29, 0.717) is 23.5 Å². The molecule has 1 aromatic rings. The molecule has 6 atom stereocenters. The minimum Gasteiger partial charge on any atom is -0.508 e. The number of carbonyl (C=O) groups excluding carboxylic acids is 3. The summed E-state index contributed by atoms with van der Waals surface area (Å²) in [5.41, 5.74) is 2.23. The molecule has 1 saturated carbocycles. The molecule has 0 unspecified atom stereocenters. The van der Waals surface area contributed by atoms with E-state index in [0.717, 1.165) is 12.8 Å². The molecule has 0 radical (unpaired) electrons. The van der Waals surface area contributed by atoms with Gasteiger partial charge < -0.3 is 31.3 Å². The Hall–Kier alpha value is -3.21. The molecular weight excluding hydrogens is 492 g/mol. The van der Waals surface area contributed by atoms with Crippen LogP contribution in [0, 0.1) is 17.8 Å². The lowest BCUT2D eigenvalue weighted by molar-refractivity contribution is -0.169. The lowest BCUT2D eigenvalue weighted by atomic mass is 9.54. The SMILES string of the molecule is CC(C)CCCc1ccc2c(c1O)C(O)=C1C(=O)[C@@]3(O)C(O)=C(C(N)=O)C(=O)[C@H](N(C)C)[C@H]3[C@H](O)[C@H]1[C@@H]2C. The van der Waals surface area contributed by atoms with Crippen molar-refractivity contribution in [2.45, 2.75) is 63.7 Å². The van der Waals surface area contributed by atoms with Gasteiger partial charge in [-0.1, -0.05) is 39.3 Å².